The molecule has 9 nitrogen and oxygen atoms in total. The van der Waals surface area contributed by atoms with E-state index >= 15 is 0 Å². The molecule has 46 heavy (non-hydrogen) atoms. The van der Waals surface area contributed by atoms with Gasteiger partial charge in [0.25, 0.3) is 5.92 Å². The molecule has 0 bridgehead atoms. The topological polar surface area (TPSA) is 88.8 Å². The molecule has 4 heterocycles. The smallest absolute Gasteiger partial charge is 0.318 e. The lowest BCUT2D eigenvalue weighted by molar-refractivity contribution is -0.128. The van der Waals surface area contributed by atoms with Crippen LogP contribution in [-0.2, 0) is 17.8 Å². The van der Waals surface area contributed by atoms with Gasteiger partial charge in [-0.1, -0.05) is 52.3 Å². The lowest BCUT2D eigenvalue weighted by Gasteiger charge is -2.42. The normalized spacial score (nSPS) is 21.5. The summed E-state index contributed by atoms with van der Waals surface area (Å²) in [5.41, 5.74) is 4.18. The van der Waals surface area contributed by atoms with Gasteiger partial charge >= 0.3 is 6.01 Å². The molecular formula is C34H38BrF2N7O2. The number of fused-ring (bicyclic) bond motifs is 2. The maximum atomic E-state index is 14.1. The van der Waals surface area contributed by atoms with Crippen molar-refractivity contribution < 1.29 is 18.3 Å². The van der Waals surface area contributed by atoms with Gasteiger partial charge in [0, 0.05) is 60.6 Å². The molecule has 3 aromatic rings. The molecule has 2 saturated heterocycles. The zero-order valence-corrected chi connectivity index (χ0v) is 27.7. The number of hydrogen-bond acceptors (Lipinski definition) is 8. The van der Waals surface area contributed by atoms with E-state index < -0.39 is 12.0 Å². The van der Waals surface area contributed by atoms with Crippen molar-refractivity contribution in [1.29, 1.82) is 5.26 Å². The van der Waals surface area contributed by atoms with Crippen LogP contribution >= 0.6 is 15.9 Å². The number of benzene rings is 2. The third-order valence-electron chi connectivity index (χ3n) is 9.24. The van der Waals surface area contributed by atoms with Crippen LogP contribution in [0.15, 0.2) is 48.6 Å². The summed E-state index contributed by atoms with van der Waals surface area (Å²) in [5.74, 6) is -2.14. The molecule has 6 rings (SSSR count). The van der Waals surface area contributed by atoms with Crippen LogP contribution < -0.4 is 14.5 Å². The molecular weight excluding hydrogens is 656 g/mol. The molecule has 0 radical (unpaired) electrons. The van der Waals surface area contributed by atoms with Gasteiger partial charge < -0.3 is 19.4 Å². The molecule has 1 aromatic heterocycles. The van der Waals surface area contributed by atoms with E-state index in [0.717, 1.165) is 29.3 Å². The Hall–Kier alpha value is -3.82. The first-order valence-corrected chi connectivity index (χ1v) is 16.8. The summed E-state index contributed by atoms with van der Waals surface area (Å²) in [5, 5.41) is 12.6. The molecule has 1 amide bonds. The Morgan fingerprint density at radius 2 is 1.96 bits per heavy atom. The van der Waals surface area contributed by atoms with Gasteiger partial charge in [-0.15, -0.1) is 0 Å². The van der Waals surface area contributed by atoms with E-state index in [0.29, 0.717) is 37.9 Å². The first kappa shape index (κ1) is 32.1. The maximum absolute atomic E-state index is 14.1. The van der Waals surface area contributed by atoms with Crippen LogP contribution in [0.1, 0.15) is 29.7 Å². The average molecular weight is 695 g/mol. The van der Waals surface area contributed by atoms with Gasteiger partial charge in [0.15, 0.2) is 0 Å². The number of aromatic nitrogens is 2. The van der Waals surface area contributed by atoms with Crippen LogP contribution in [0.4, 0.5) is 20.3 Å². The summed E-state index contributed by atoms with van der Waals surface area (Å²) in [4.78, 5) is 30.5. The van der Waals surface area contributed by atoms with Crippen molar-refractivity contribution in [3.05, 3.63) is 65.4 Å². The monoisotopic (exact) mass is 693 g/mol. The van der Waals surface area contributed by atoms with Gasteiger partial charge in [0.05, 0.1) is 37.3 Å². The second-order valence-corrected chi connectivity index (χ2v) is 13.0. The van der Waals surface area contributed by atoms with Gasteiger partial charge in [-0.3, -0.25) is 9.69 Å². The van der Waals surface area contributed by atoms with Crippen molar-refractivity contribution in [3.63, 3.8) is 0 Å². The molecule has 3 aliphatic rings. The van der Waals surface area contributed by atoms with Crippen LogP contribution in [0, 0.1) is 18.3 Å². The standard InChI is InChI=1S/C34H38BrF2N7O2/c1-23-6-3-7-24-8-4-9-29(31(23)24)42-15-12-27-28(20-42)39-33(46-21-26-18-34(36,37)22-41(26)2)40-32(27)43-16-17-44(25(19-43)11-14-38)30(45)10-5-13-35/h3-10,25-26H,11-13,15-22H2,1-2H3/b10-5+/t25-,26-/m0/s1. The van der Waals surface area contributed by atoms with Gasteiger partial charge in [0.2, 0.25) is 5.91 Å². The number of halogens is 3. The number of alkyl halides is 3. The molecule has 0 unspecified atom stereocenters. The van der Waals surface area contributed by atoms with Crippen LogP contribution in [-0.4, -0.2) is 95.4 Å². The number of hydrogen-bond donors (Lipinski definition) is 0. The SMILES string of the molecule is Cc1cccc2cccc(N3CCc4c(nc(OC[C@@H]5CC(F)(F)CN5C)nc4N4CCN(C(=O)/C=C/CBr)[C@@H](CC#N)C4)C3)c12. The van der Waals surface area contributed by atoms with E-state index in [9.17, 15) is 18.8 Å². The van der Waals surface area contributed by atoms with Gasteiger partial charge in [-0.2, -0.15) is 15.2 Å². The molecule has 0 saturated carbocycles. The zero-order chi connectivity index (χ0) is 32.4. The highest BCUT2D eigenvalue weighted by Gasteiger charge is 2.43. The number of carbonyl (C=O) groups is 1. The Bertz CT molecular complexity index is 1670. The predicted molar refractivity (Wildman–Crippen MR) is 178 cm³/mol. The largest absolute Gasteiger partial charge is 0.462 e. The quantitative estimate of drug-likeness (QED) is 0.238. The minimum Gasteiger partial charge on any atom is -0.462 e. The van der Waals surface area contributed by atoms with E-state index in [2.05, 4.69) is 75.1 Å². The van der Waals surface area contributed by atoms with Crippen molar-refractivity contribution in [1.82, 2.24) is 19.8 Å². The number of allylic oxidation sites excluding steroid dienone is 1. The summed E-state index contributed by atoms with van der Waals surface area (Å²) >= 11 is 3.32. The second kappa shape index (κ2) is 13.5. The average Bonchev–Trinajstić information content (AvgIpc) is 3.32. The maximum Gasteiger partial charge on any atom is 0.318 e. The van der Waals surface area contributed by atoms with Crippen LogP contribution in [0.2, 0.25) is 0 Å². The number of likely N-dealkylation sites (N-methyl/N-ethyl adjacent to an activating group) is 1. The van der Waals surface area contributed by atoms with E-state index in [1.54, 1.807) is 29.0 Å². The Morgan fingerprint density at radius 1 is 1.15 bits per heavy atom. The van der Waals surface area contributed by atoms with E-state index in [-0.39, 0.29) is 44.0 Å². The second-order valence-electron chi connectivity index (χ2n) is 12.4. The van der Waals surface area contributed by atoms with Gasteiger partial charge in [0.1, 0.15) is 12.4 Å². The fraction of sp³-hybridized carbons (Fsp3) is 0.471. The number of likely N-dealkylation sites (tertiary alicyclic amines) is 1. The van der Waals surface area contributed by atoms with Crippen molar-refractivity contribution in [2.24, 2.45) is 0 Å². The fourth-order valence-electron chi connectivity index (χ4n) is 6.96. The van der Waals surface area contributed by atoms with Gasteiger partial charge in [-0.05, 0) is 43.5 Å². The highest BCUT2D eigenvalue weighted by molar-refractivity contribution is 9.09. The molecule has 242 valence electrons. The molecule has 0 spiro atoms. The van der Waals surface area contributed by atoms with Crippen LogP contribution in [0.25, 0.3) is 10.8 Å². The van der Waals surface area contributed by atoms with Crippen molar-refractivity contribution in [2.75, 3.05) is 61.5 Å². The van der Waals surface area contributed by atoms with Crippen molar-refractivity contribution in [3.8, 4) is 12.1 Å². The first-order valence-electron chi connectivity index (χ1n) is 15.7. The molecule has 0 aliphatic carbocycles. The summed E-state index contributed by atoms with van der Waals surface area (Å²) in [6, 6.07) is 14.3. The minimum atomic E-state index is -2.75. The summed E-state index contributed by atoms with van der Waals surface area (Å²) in [6.45, 7) is 4.58. The Labute approximate surface area is 276 Å². The lowest BCUT2D eigenvalue weighted by Crippen LogP contribution is -2.55. The number of rotatable bonds is 8. The number of piperazine rings is 1. The Kier molecular flexibility index (Phi) is 9.43. The number of anilines is 2. The minimum absolute atomic E-state index is 0.0514. The van der Waals surface area contributed by atoms with E-state index in [1.165, 1.54) is 16.3 Å². The highest BCUT2D eigenvalue weighted by atomic mass is 79.9. The molecule has 2 atom stereocenters. The van der Waals surface area contributed by atoms with E-state index in [1.807, 2.05) is 0 Å². The molecule has 12 heteroatoms. The first-order chi connectivity index (χ1) is 22.2. The molecule has 2 aromatic carbocycles. The number of carbonyl (C=O) groups excluding carboxylic acids is 1. The number of nitrogens with zero attached hydrogens (tertiary/aromatic N) is 7. The number of aryl methyl sites for hydroxylation is 1. The lowest BCUT2D eigenvalue weighted by atomic mass is 9.99. The van der Waals surface area contributed by atoms with Gasteiger partial charge in [-0.25, -0.2) is 8.78 Å². The number of ether oxygens (including phenoxy) is 1. The Morgan fingerprint density at radius 3 is 2.70 bits per heavy atom. The zero-order valence-electron chi connectivity index (χ0n) is 26.1. The number of amides is 1. The third kappa shape index (κ3) is 6.67. The van der Waals surface area contributed by atoms with Crippen molar-refractivity contribution >= 4 is 44.1 Å². The van der Waals surface area contributed by atoms with Crippen LogP contribution in [0.3, 0.4) is 0 Å². The predicted octanol–water partition coefficient (Wildman–Crippen LogP) is 5.10. The summed E-state index contributed by atoms with van der Waals surface area (Å²) in [7, 11) is 1.68. The highest BCUT2D eigenvalue weighted by Crippen LogP contribution is 2.36. The Balaban J connectivity index is 1.32. The van der Waals surface area contributed by atoms with Crippen LogP contribution in [0.5, 0.6) is 6.01 Å². The third-order valence-corrected chi connectivity index (χ3v) is 9.61. The molecule has 0 N–H and O–H groups in total. The summed E-state index contributed by atoms with van der Waals surface area (Å²) in [6.07, 6.45) is 3.91. The number of nitriles is 1. The molecule has 3 aliphatic heterocycles. The summed E-state index contributed by atoms with van der Waals surface area (Å²) < 4.78 is 34.3. The fourth-order valence-corrected chi connectivity index (χ4v) is 7.15. The molecule has 2 fully saturated rings. The van der Waals surface area contributed by atoms with Crippen molar-refractivity contribution in [2.45, 2.75) is 50.7 Å². The van der Waals surface area contributed by atoms with E-state index in [4.69, 9.17) is 14.7 Å².